The van der Waals surface area contributed by atoms with E-state index in [0.29, 0.717) is 16.4 Å². The number of carbonyl (C=O) groups excluding carboxylic acids is 2. The molecule has 0 saturated heterocycles. The minimum absolute atomic E-state index is 0.192. The monoisotopic (exact) mass is 403 g/mol. The van der Waals surface area contributed by atoms with Gasteiger partial charge in [0.25, 0.3) is 5.91 Å². The van der Waals surface area contributed by atoms with Crippen molar-refractivity contribution in [1.29, 1.82) is 0 Å². The fourth-order valence-corrected chi connectivity index (χ4v) is 3.84. The van der Waals surface area contributed by atoms with E-state index in [0.717, 1.165) is 30.1 Å². The summed E-state index contributed by atoms with van der Waals surface area (Å²) < 4.78 is 5.23. The number of fused-ring (bicyclic) bond motifs is 1. The number of thiazole rings is 1. The molecule has 0 spiro atoms. The van der Waals surface area contributed by atoms with Crippen molar-refractivity contribution in [2.24, 2.45) is 0 Å². The van der Waals surface area contributed by atoms with Crippen molar-refractivity contribution in [2.45, 2.75) is 45.9 Å². The van der Waals surface area contributed by atoms with E-state index >= 15 is 0 Å². The van der Waals surface area contributed by atoms with Crippen LogP contribution in [-0.4, -0.2) is 46.1 Å². The molecule has 0 aromatic carbocycles. The largest absolute Gasteiger partial charge is 0.444 e. The number of ether oxygens (including phenoxy) is 1. The molecule has 0 fully saturated rings. The van der Waals surface area contributed by atoms with Gasteiger partial charge in [0.1, 0.15) is 11.4 Å². The highest BCUT2D eigenvalue weighted by atomic mass is 32.1. The topological polar surface area (TPSA) is 96.5 Å². The third-order valence-electron chi connectivity index (χ3n) is 4.06. The molecule has 2 aromatic heterocycles. The molecule has 2 N–H and O–H groups in total. The summed E-state index contributed by atoms with van der Waals surface area (Å²) in [5, 5.41) is 5.92. The fourth-order valence-electron chi connectivity index (χ4n) is 2.76. The lowest BCUT2D eigenvalue weighted by molar-refractivity contribution is 0.0523. The van der Waals surface area contributed by atoms with Crippen LogP contribution >= 0.6 is 11.3 Å². The minimum Gasteiger partial charge on any atom is -0.444 e. The van der Waals surface area contributed by atoms with Crippen LogP contribution in [0.3, 0.4) is 0 Å². The molecule has 1 aliphatic rings. The summed E-state index contributed by atoms with van der Waals surface area (Å²) in [6.45, 7) is 7.35. The molecule has 0 atom stereocenters. The number of anilines is 1. The van der Waals surface area contributed by atoms with Gasteiger partial charge in [-0.2, -0.15) is 0 Å². The lowest BCUT2D eigenvalue weighted by Gasteiger charge is -2.20. The predicted octanol–water partition coefficient (Wildman–Crippen LogP) is 2.80. The molecule has 3 heterocycles. The number of nitrogens with zero attached hydrogens (tertiary/aromatic N) is 3. The van der Waals surface area contributed by atoms with Gasteiger partial charge in [-0.15, -0.1) is 11.3 Å². The van der Waals surface area contributed by atoms with Gasteiger partial charge in [-0.1, -0.05) is 6.07 Å². The van der Waals surface area contributed by atoms with Crippen molar-refractivity contribution >= 4 is 29.2 Å². The zero-order valence-electron chi connectivity index (χ0n) is 16.5. The zero-order valence-corrected chi connectivity index (χ0v) is 17.4. The molecule has 28 heavy (non-hydrogen) atoms. The lowest BCUT2D eigenvalue weighted by atomic mass is 10.2. The first-order chi connectivity index (χ1) is 13.2. The van der Waals surface area contributed by atoms with Crippen molar-refractivity contribution in [3.8, 4) is 0 Å². The Hall–Kier alpha value is -2.52. The summed E-state index contributed by atoms with van der Waals surface area (Å²) >= 11 is 1.41. The number of hydrogen-bond acceptors (Lipinski definition) is 7. The smallest absolute Gasteiger partial charge is 0.407 e. The van der Waals surface area contributed by atoms with Gasteiger partial charge in [-0.3, -0.25) is 4.79 Å². The van der Waals surface area contributed by atoms with E-state index in [1.807, 2.05) is 0 Å². The van der Waals surface area contributed by atoms with Crippen LogP contribution in [0.25, 0.3) is 0 Å². The maximum absolute atomic E-state index is 12.7. The molecule has 9 heteroatoms. The molecule has 0 aliphatic carbocycles. The van der Waals surface area contributed by atoms with E-state index in [-0.39, 0.29) is 12.5 Å². The van der Waals surface area contributed by atoms with E-state index in [2.05, 4.69) is 32.5 Å². The van der Waals surface area contributed by atoms with Crippen LogP contribution in [0.15, 0.2) is 18.3 Å². The number of likely N-dealkylation sites (N-methyl/N-ethyl adjacent to an activating group) is 1. The van der Waals surface area contributed by atoms with Crippen LogP contribution in [-0.2, 0) is 24.2 Å². The molecular weight excluding hydrogens is 378 g/mol. The normalized spacial score (nSPS) is 14.3. The van der Waals surface area contributed by atoms with Crippen molar-refractivity contribution in [2.75, 3.05) is 18.9 Å². The van der Waals surface area contributed by atoms with Gasteiger partial charge in [0.05, 0.1) is 5.69 Å². The van der Waals surface area contributed by atoms with Crippen LogP contribution in [0, 0.1) is 0 Å². The third-order valence-corrected chi connectivity index (χ3v) is 5.14. The molecule has 0 bridgehead atoms. The van der Waals surface area contributed by atoms with Crippen molar-refractivity contribution in [3.05, 3.63) is 39.5 Å². The quantitative estimate of drug-likeness (QED) is 0.815. The minimum atomic E-state index is -0.575. The number of rotatable bonds is 4. The average Bonchev–Trinajstić information content (AvgIpc) is 3.03. The standard InChI is InChI=1S/C19H25N5O3S/c1-19(2,3)27-18(26)21-10-12-6-5-8-20-15(12)23-16(25)17-22-13-7-9-24(4)11-14(13)28-17/h5-6,8H,7,9-11H2,1-4H3,(H,21,26)(H,20,23,25). The first kappa shape index (κ1) is 20.2. The summed E-state index contributed by atoms with van der Waals surface area (Å²) in [6.07, 6.45) is 1.92. The summed E-state index contributed by atoms with van der Waals surface area (Å²) in [5.41, 5.74) is 1.11. The number of amides is 2. The summed E-state index contributed by atoms with van der Waals surface area (Å²) in [6, 6.07) is 3.54. The molecule has 0 unspecified atom stereocenters. The first-order valence-corrected chi connectivity index (χ1v) is 9.92. The highest BCUT2D eigenvalue weighted by molar-refractivity contribution is 7.13. The molecule has 2 aromatic rings. The Bertz CT molecular complexity index is 875. The van der Waals surface area contributed by atoms with Gasteiger partial charge in [-0.25, -0.2) is 14.8 Å². The van der Waals surface area contributed by atoms with Crippen LogP contribution < -0.4 is 10.6 Å². The Morgan fingerprint density at radius 1 is 1.36 bits per heavy atom. The Balaban J connectivity index is 1.66. The van der Waals surface area contributed by atoms with E-state index in [9.17, 15) is 9.59 Å². The Kier molecular flexibility index (Phi) is 5.95. The van der Waals surface area contributed by atoms with Gasteiger partial charge < -0.3 is 20.3 Å². The van der Waals surface area contributed by atoms with Crippen LogP contribution in [0.4, 0.5) is 10.6 Å². The van der Waals surface area contributed by atoms with Gasteiger partial charge in [-0.05, 0) is 33.9 Å². The fraction of sp³-hybridized carbons (Fsp3) is 0.474. The molecule has 0 saturated carbocycles. The maximum atomic E-state index is 12.7. The molecule has 1 aliphatic heterocycles. The van der Waals surface area contributed by atoms with Gasteiger partial charge in [0, 0.05) is 42.7 Å². The average molecular weight is 404 g/mol. The SMILES string of the molecule is CN1CCc2nc(C(=O)Nc3ncccc3CNC(=O)OC(C)(C)C)sc2C1. The van der Waals surface area contributed by atoms with Crippen molar-refractivity contribution in [1.82, 2.24) is 20.2 Å². The number of alkyl carbamates (subject to hydrolysis) is 1. The van der Waals surface area contributed by atoms with Crippen LogP contribution in [0.1, 0.15) is 46.7 Å². The first-order valence-electron chi connectivity index (χ1n) is 9.10. The van der Waals surface area contributed by atoms with E-state index in [4.69, 9.17) is 4.74 Å². The molecular formula is C19H25N5O3S. The molecule has 2 amide bonds. The number of aromatic nitrogens is 2. The second-order valence-electron chi connectivity index (χ2n) is 7.70. The number of hydrogen-bond donors (Lipinski definition) is 2. The predicted molar refractivity (Wildman–Crippen MR) is 107 cm³/mol. The van der Waals surface area contributed by atoms with Crippen molar-refractivity contribution in [3.63, 3.8) is 0 Å². The Morgan fingerprint density at radius 3 is 2.89 bits per heavy atom. The second kappa shape index (κ2) is 8.24. The van der Waals surface area contributed by atoms with Crippen molar-refractivity contribution < 1.29 is 14.3 Å². The van der Waals surface area contributed by atoms with E-state index < -0.39 is 11.7 Å². The van der Waals surface area contributed by atoms with E-state index in [1.54, 1.807) is 39.1 Å². The second-order valence-corrected chi connectivity index (χ2v) is 8.78. The summed E-state index contributed by atoms with van der Waals surface area (Å²) in [4.78, 5) is 36.6. The van der Waals surface area contributed by atoms with Gasteiger partial charge in [0.2, 0.25) is 0 Å². The number of nitrogens with one attached hydrogen (secondary N) is 2. The number of pyridine rings is 1. The summed E-state index contributed by atoms with van der Waals surface area (Å²) in [7, 11) is 2.06. The van der Waals surface area contributed by atoms with Crippen LogP contribution in [0.2, 0.25) is 0 Å². The molecule has 150 valence electrons. The number of carbonyl (C=O) groups is 2. The molecule has 8 nitrogen and oxygen atoms in total. The molecule has 0 radical (unpaired) electrons. The highest BCUT2D eigenvalue weighted by Gasteiger charge is 2.22. The van der Waals surface area contributed by atoms with E-state index in [1.165, 1.54) is 11.3 Å². The summed E-state index contributed by atoms with van der Waals surface area (Å²) in [5.74, 6) is 0.105. The highest BCUT2D eigenvalue weighted by Crippen LogP contribution is 2.25. The Labute approximate surface area is 168 Å². The Morgan fingerprint density at radius 2 is 2.14 bits per heavy atom. The van der Waals surface area contributed by atoms with Gasteiger partial charge >= 0.3 is 6.09 Å². The lowest BCUT2D eigenvalue weighted by Crippen LogP contribution is -2.32. The zero-order chi connectivity index (χ0) is 20.3. The van der Waals surface area contributed by atoms with Gasteiger partial charge in [0.15, 0.2) is 5.01 Å². The molecule has 3 rings (SSSR count). The van der Waals surface area contributed by atoms with Crippen LogP contribution in [0.5, 0.6) is 0 Å². The third kappa shape index (κ3) is 5.26. The maximum Gasteiger partial charge on any atom is 0.407 e.